The molecule has 1 N–H and O–H groups in total. The van der Waals surface area contributed by atoms with Crippen LogP contribution in [0.25, 0.3) is 5.65 Å². The van der Waals surface area contributed by atoms with Gasteiger partial charge in [0.2, 0.25) is 5.91 Å². The summed E-state index contributed by atoms with van der Waals surface area (Å²) in [6, 6.07) is 11.0. The maximum Gasteiger partial charge on any atom is 0.335 e. The standard InChI is InChI=1S/C26H25N5O4/c1-16-9-8-14-30-20(16)27-21-18(22(30)32)15-26(19-12-6-3-7-13-29(19)21)23(33)28-25(35)31(24(26)34)17-10-4-2-5-11-17/h2,4-5,8-11,14,19H,3,6-7,12-13,15H2,1H3,(H,28,33,35)/t19-,26+/m1/s1. The topological polar surface area (TPSA) is 104 Å². The highest BCUT2D eigenvalue weighted by molar-refractivity contribution is 6.30. The number of carbonyl (C=O) groups excluding carboxylic acids is 3. The third kappa shape index (κ3) is 2.97. The van der Waals surface area contributed by atoms with Gasteiger partial charge in [-0.3, -0.25) is 24.1 Å². The maximum atomic E-state index is 14.2. The van der Waals surface area contributed by atoms with E-state index in [1.54, 1.807) is 42.6 Å². The van der Waals surface area contributed by atoms with Gasteiger partial charge >= 0.3 is 6.03 Å². The molecular formula is C26H25N5O4. The van der Waals surface area contributed by atoms with E-state index >= 15 is 0 Å². The molecule has 2 fully saturated rings. The van der Waals surface area contributed by atoms with Crippen LogP contribution < -0.4 is 20.7 Å². The number of anilines is 2. The van der Waals surface area contributed by atoms with Crippen LogP contribution in [-0.4, -0.2) is 39.8 Å². The van der Waals surface area contributed by atoms with Gasteiger partial charge in [0.25, 0.3) is 11.5 Å². The van der Waals surface area contributed by atoms with Crippen molar-refractivity contribution in [2.45, 2.75) is 45.1 Å². The second kappa shape index (κ2) is 7.76. The van der Waals surface area contributed by atoms with Crippen molar-refractivity contribution in [1.29, 1.82) is 0 Å². The first kappa shape index (κ1) is 21.5. The Balaban J connectivity index is 1.60. The normalized spacial score (nSPS) is 24.3. The van der Waals surface area contributed by atoms with Gasteiger partial charge in [-0.15, -0.1) is 0 Å². The molecule has 6 rings (SSSR count). The van der Waals surface area contributed by atoms with E-state index in [2.05, 4.69) is 5.32 Å². The fourth-order valence-corrected chi connectivity index (χ4v) is 5.90. The Morgan fingerprint density at radius 2 is 1.80 bits per heavy atom. The SMILES string of the molecule is Cc1cccn2c(=O)c3c(nc12)N1CCCCC[C@@H]1[C@@]1(C3)C(=O)NC(=O)N(c2ccccc2)C1=O. The van der Waals surface area contributed by atoms with Gasteiger partial charge in [0.1, 0.15) is 11.5 Å². The van der Waals surface area contributed by atoms with Crippen LogP contribution in [-0.2, 0) is 16.0 Å². The van der Waals surface area contributed by atoms with E-state index in [0.717, 1.165) is 29.7 Å². The lowest BCUT2D eigenvalue weighted by Gasteiger charge is -2.50. The number of amides is 4. The number of urea groups is 1. The number of nitrogens with one attached hydrogen (secondary N) is 1. The van der Waals surface area contributed by atoms with E-state index in [4.69, 9.17) is 4.98 Å². The van der Waals surface area contributed by atoms with E-state index in [-0.39, 0.29) is 12.0 Å². The maximum absolute atomic E-state index is 14.2. The van der Waals surface area contributed by atoms with Crippen LogP contribution in [0, 0.1) is 12.3 Å². The summed E-state index contributed by atoms with van der Waals surface area (Å²) in [5.41, 5.74) is 0.246. The molecule has 5 heterocycles. The summed E-state index contributed by atoms with van der Waals surface area (Å²) in [6.07, 6.45) is 4.78. The first-order chi connectivity index (χ1) is 16.9. The highest BCUT2D eigenvalue weighted by Crippen LogP contribution is 2.46. The molecule has 35 heavy (non-hydrogen) atoms. The lowest BCUT2D eigenvalue weighted by atomic mass is 9.68. The van der Waals surface area contributed by atoms with Crippen LogP contribution in [0.15, 0.2) is 53.5 Å². The predicted octanol–water partition coefficient (Wildman–Crippen LogP) is 2.58. The largest absolute Gasteiger partial charge is 0.352 e. The number of fused-ring (bicyclic) bond motifs is 5. The number of imide groups is 2. The Kier molecular flexibility index (Phi) is 4.77. The van der Waals surface area contributed by atoms with Gasteiger partial charge in [0, 0.05) is 19.2 Å². The van der Waals surface area contributed by atoms with Gasteiger partial charge in [-0.05, 0) is 43.5 Å². The molecule has 1 spiro atoms. The number of benzene rings is 1. The summed E-state index contributed by atoms with van der Waals surface area (Å²) in [6.45, 7) is 2.48. The molecule has 3 aliphatic heterocycles. The smallest absolute Gasteiger partial charge is 0.335 e. The molecule has 0 saturated carbocycles. The second-order valence-corrected chi connectivity index (χ2v) is 9.55. The van der Waals surface area contributed by atoms with E-state index in [1.165, 1.54) is 4.40 Å². The molecule has 0 unspecified atom stereocenters. The molecule has 3 aromatic rings. The molecule has 0 aliphatic carbocycles. The van der Waals surface area contributed by atoms with Crippen LogP contribution in [0.3, 0.4) is 0 Å². The van der Waals surface area contributed by atoms with Crippen molar-refractivity contribution in [3.8, 4) is 0 Å². The summed E-state index contributed by atoms with van der Waals surface area (Å²) in [7, 11) is 0. The summed E-state index contributed by atoms with van der Waals surface area (Å²) in [5.74, 6) is -0.685. The average molecular weight is 472 g/mol. The van der Waals surface area contributed by atoms with E-state index < -0.39 is 29.3 Å². The number of nitrogens with zero attached hydrogens (tertiary/aromatic N) is 4. The van der Waals surface area contributed by atoms with Crippen molar-refractivity contribution in [3.05, 3.63) is 70.1 Å². The highest BCUT2D eigenvalue weighted by Gasteiger charge is 2.63. The predicted molar refractivity (Wildman–Crippen MR) is 129 cm³/mol. The quantitative estimate of drug-likeness (QED) is 0.547. The second-order valence-electron chi connectivity index (χ2n) is 9.55. The minimum absolute atomic E-state index is 0.104. The van der Waals surface area contributed by atoms with Crippen LogP contribution in [0.1, 0.15) is 36.8 Å². The van der Waals surface area contributed by atoms with Crippen molar-refractivity contribution in [3.63, 3.8) is 0 Å². The number of barbiturate groups is 1. The van der Waals surface area contributed by atoms with Gasteiger partial charge in [0.15, 0.2) is 5.41 Å². The monoisotopic (exact) mass is 471 g/mol. The fraction of sp³-hybridized carbons (Fsp3) is 0.346. The Bertz CT molecular complexity index is 1450. The Hall–Kier alpha value is -4.01. The molecule has 0 bridgehead atoms. The van der Waals surface area contributed by atoms with Crippen LogP contribution in [0.5, 0.6) is 0 Å². The molecule has 2 atom stereocenters. The molecule has 2 saturated heterocycles. The number of hydrogen-bond donors (Lipinski definition) is 1. The van der Waals surface area contributed by atoms with Crippen LogP contribution >= 0.6 is 0 Å². The molecule has 2 aromatic heterocycles. The van der Waals surface area contributed by atoms with Crippen molar-refractivity contribution in [1.82, 2.24) is 14.7 Å². The Labute approximate surface area is 201 Å². The summed E-state index contributed by atoms with van der Waals surface area (Å²) < 4.78 is 1.48. The molecule has 9 heteroatoms. The van der Waals surface area contributed by atoms with Crippen molar-refractivity contribution in [2.24, 2.45) is 5.41 Å². The summed E-state index contributed by atoms with van der Waals surface area (Å²) in [4.78, 5) is 62.4. The number of pyridine rings is 1. The Morgan fingerprint density at radius 1 is 1.00 bits per heavy atom. The van der Waals surface area contributed by atoms with Gasteiger partial charge in [-0.2, -0.15) is 0 Å². The first-order valence-corrected chi connectivity index (χ1v) is 12.0. The van der Waals surface area contributed by atoms with E-state index in [0.29, 0.717) is 35.7 Å². The molecule has 178 valence electrons. The van der Waals surface area contributed by atoms with E-state index in [1.807, 2.05) is 17.9 Å². The highest BCUT2D eigenvalue weighted by atomic mass is 16.2. The van der Waals surface area contributed by atoms with Crippen molar-refractivity contribution < 1.29 is 14.4 Å². The van der Waals surface area contributed by atoms with Gasteiger partial charge < -0.3 is 4.90 Å². The fourth-order valence-electron chi connectivity index (χ4n) is 5.90. The molecule has 4 amide bonds. The minimum atomic E-state index is -1.61. The van der Waals surface area contributed by atoms with Crippen molar-refractivity contribution >= 4 is 35.0 Å². The number of hydrogen-bond acceptors (Lipinski definition) is 6. The summed E-state index contributed by atoms with van der Waals surface area (Å²) in [5, 5.41) is 2.44. The number of aryl methyl sites for hydroxylation is 1. The molecular weight excluding hydrogens is 446 g/mol. The number of rotatable bonds is 1. The first-order valence-electron chi connectivity index (χ1n) is 12.0. The zero-order valence-corrected chi connectivity index (χ0v) is 19.4. The molecule has 0 radical (unpaired) electrons. The minimum Gasteiger partial charge on any atom is -0.352 e. The van der Waals surface area contributed by atoms with E-state index in [9.17, 15) is 19.2 Å². The van der Waals surface area contributed by atoms with Gasteiger partial charge in [-0.1, -0.05) is 37.1 Å². The summed E-state index contributed by atoms with van der Waals surface area (Å²) >= 11 is 0. The lowest BCUT2D eigenvalue weighted by molar-refractivity contribution is -0.144. The van der Waals surface area contributed by atoms with Gasteiger partial charge in [0.05, 0.1) is 17.3 Å². The zero-order valence-electron chi connectivity index (χ0n) is 19.4. The van der Waals surface area contributed by atoms with Crippen LogP contribution in [0.4, 0.5) is 16.3 Å². The number of para-hydroxylation sites is 1. The Morgan fingerprint density at radius 3 is 2.60 bits per heavy atom. The number of carbonyl (C=O) groups is 3. The lowest BCUT2D eigenvalue weighted by Crippen LogP contribution is -2.72. The third-order valence-electron chi connectivity index (χ3n) is 7.60. The molecule has 9 nitrogen and oxygen atoms in total. The zero-order chi connectivity index (χ0) is 24.3. The third-order valence-corrected chi connectivity index (χ3v) is 7.60. The number of aromatic nitrogens is 2. The average Bonchev–Trinajstić information content (AvgIpc) is 3.11. The van der Waals surface area contributed by atoms with Gasteiger partial charge in [-0.25, -0.2) is 14.7 Å². The molecule has 1 aromatic carbocycles. The van der Waals surface area contributed by atoms with Crippen LogP contribution in [0.2, 0.25) is 0 Å². The molecule has 3 aliphatic rings. The van der Waals surface area contributed by atoms with Crippen molar-refractivity contribution in [2.75, 3.05) is 16.3 Å².